The smallest absolute Gasteiger partial charge is 0.168 e. The van der Waals surface area contributed by atoms with E-state index in [2.05, 4.69) is 10.2 Å². The van der Waals surface area contributed by atoms with E-state index in [1.54, 1.807) is 7.11 Å². The molecular weight excluding hydrogens is 220 g/mol. The minimum atomic E-state index is 0.801. The fourth-order valence-corrected chi connectivity index (χ4v) is 2.26. The third-order valence-corrected chi connectivity index (χ3v) is 3.35. The first-order chi connectivity index (χ1) is 7.84. The van der Waals surface area contributed by atoms with Crippen LogP contribution in [0.5, 0.6) is 0 Å². The molecule has 1 saturated heterocycles. The summed E-state index contributed by atoms with van der Waals surface area (Å²) in [5, 5.41) is 4.24. The van der Waals surface area contributed by atoms with Gasteiger partial charge < -0.3 is 15.0 Å². The van der Waals surface area contributed by atoms with E-state index in [0.717, 1.165) is 37.8 Å². The lowest BCUT2D eigenvalue weighted by molar-refractivity contribution is 0.195. The van der Waals surface area contributed by atoms with Gasteiger partial charge in [-0.2, -0.15) is 0 Å². The molecule has 0 saturated carbocycles. The van der Waals surface area contributed by atoms with Crippen molar-refractivity contribution in [1.82, 2.24) is 10.2 Å². The molecule has 4 heteroatoms. The van der Waals surface area contributed by atoms with Crippen molar-refractivity contribution in [3.63, 3.8) is 0 Å². The maximum Gasteiger partial charge on any atom is 0.168 e. The molecule has 0 aromatic heterocycles. The molecule has 0 unspecified atom stereocenters. The van der Waals surface area contributed by atoms with E-state index < -0.39 is 0 Å². The molecule has 0 atom stereocenters. The summed E-state index contributed by atoms with van der Waals surface area (Å²) in [7, 11) is 1.73. The number of hydrogen-bond acceptors (Lipinski definition) is 2. The predicted octanol–water partition coefficient (Wildman–Crippen LogP) is 2.16. The van der Waals surface area contributed by atoms with Gasteiger partial charge in [0.25, 0.3) is 0 Å². The third kappa shape index (κ3) is 5.66. The van der Waals surface area contributed by atoms with Crippen molar-refractivity contribution >= 4 is 17.3 Å². The van der Waals surface area contributed by atoms with Crippen LogP contribution in [0.2, 0.25) is 0 Å². The van der Waals surface area contributed by atoms with E-state index in [0.29, 0.717) is 0 Å². The summed E-state index contributed by atoms with van der Waals surface area (Å²) in [4.78, 5) is 2.32. The molecule has 1 fully saturated rings. The first-order valence-corrected chi connectivity index (χ1v) is 6.77. The van der Waals surface area contributed by atoms with Crippen molar-refractivity contribution < 1.29 is 4.74 Å². The van der Waals surface area contributed by atoms with Gasteiger partial charge in [0.15, 0.2) is 5.11 Å². The summed E-state index contributed by atoms with van der Waals surface area (Å²) in [6, 6.07) is 0. The Hall–Kier alpha value is -0.350. The van der Waals surface area contributed by atoms with Gasteiger partial charge in [0.2, 0.25) is 0 Å². The maximum absolute atomic E-state index is 5.40. The Morgan fingerprint density at radius 1 is 1.19 bits per heavy atom. The highest BCUT2D eigenvalue weighted by molar-refractivity contribution is 7.80. The molecule has 1 N–H and O–H groups in total. The topological polar surface area (TPSA) is 24.5 Å². The van der Waals surface area contributed by atoms with Crippen molar-refractivity contribution in [2.45, 2.75) is 38.5 Å². The van der Waals surface area contributed by atoms with Crippen molar-refractivity contribution in [1.29, 1.82) is 0 Å². The molecule has 94 valence electrons. The van der Waals surface area contributed by atoms with E-state index >= 15 is 0 Å². The van der Waals surface area contributed by atoms with Crippen LogP contribution in [-0.4, -0.2) is 43.4 Å². The lowest BCUT2D eigenvalue weighted by Crippen LogP contribution is -2.41. The van der Waals surface area contributed by atoms with Gasteiger partial charge in [-0.25, -0.2) is 0 Å². The zero-order valence-corrected chi connectivity index (χ0v) is 11.2. The molecule has 1 aliphatic rings. The number of nitrogens with one attached hydrogen (secondary N) is 1. The highest BCUT2D eigenvalue weighted by Gasteiger charge is 2.10. The first kappa shape index (κ1) is 13.7. The summed E-state index contributed by atoms with van der Waals surface area (Å²) in [6.45, 7) is 3.96. The van der Waals surface area contributed by atoms with Gasteiger partial charge in [-0.05, 0) is 31.5 Å². The summed E-state index contributed by atoms with van der Waals surface area (Å²) < 4.78 is 5.01. The van der Waals surface area contributed by atoms with Gasteiger partial charge in [0.05, 0.1) is 0 Å². The highest BCUT2D eigenvalue weighted by atomic mass is 32.1. The molecule has 0 amide bonds. The van der Waals surface area contributed by atoms with Crippen molar-refractivity contribution in [3.05, 3.63) is 0 Å². The molecule has 0 radical (unpaired) electrons. The number of likely N-dealkylation sites (tertiary alicyclic amines) is 1. The van der Waals surface area contributed by atoms with Gasteiger partial charge in [-0.1, -0.05) is 19.3 Å². The van der Waals surface area contributed by atoms with Crippen LogP contribution in [0, 0.1) is 0 Å². The third-order valence-electron chi connectivity index (χ3n) is 2.94. The average molecular weight is 244 g/mol. The molecule has 3 nitrogen and oxygen atoms in total. The van der Waals surface area contributed by atoms with Crippen molar-refractivity contribution in [3.8, 4) is 0 Å². The van der Waals surface area contributed by atoms with Crippen LogP contribution in [-0.2, 0) is 4.74 Å². The van der Waals surface area contributed by atoms with Crippen LogP contribution < -0.4 is 5.32 Å². The molecule has 0 spiro atoms. The van der Waals surface area contributed by atoms with Gasteiger partial charge in [0, 0.05) is 33.4 Å². The number of thiocarbonyl (C=S) groups is 1. The Morgan fingerprint density at radius 3 is 2.44 bits per heavy atom. The van der Waals surface area contributed by atoms with E-state index in [1.807, 2.05) is 0 Å². The zero-order valence-electron chi connectivity index (χ0n) is 10.3. The Bertz CT molecular complexity index is 191. The lowest BCUT2D eigenvalue weighted by atomic mass is 10.1. The highest BCUT2D eigenvalue weighted by Crippen LogP contribution is 2.10. The van der Waals surface area contributed by atoms with Crippen LogP contribution in [0.3, 0.4) is 0 Å². The number of methoxy groups -OCH3 is 1. The molecule has 0 aromatic rings. The van der Waals surface area contributed by atoms with Crippen LogP contribution in [0.1, 0.15) is 38.5 Å². The fourth-order valence-electron chi connectivity index (χ4n) is 1.97. The monoisotopic (exact) mass is 244 g/mol. The summed E-state index contributed by atoms with van der Waals surface area (Å²) in [5.41, 5.74) is 0. The van der Waals surface area contributed by atoms with E-state index in [1.165, 1.54) is 32.1 Å². The molecule has 1 heterocycles. The molecule has 16 heavy (non-hydrogen) atoms. The fraction of sp³-hybridized carbons (Fsp3) is 0.917. The Kier molecular flexibility index (Phi) is 7.51. The number of rotatable bonds is 4. The van der Waals surface area contributed by atoms with Gasteiger partial charge in [0.1, 0.15) is 0 Å². The summed E-state index contributed by atoms with van der Waals surface area (Å²) in [5.74, 6) is 0. The summed E-state index contributed by atoms with van der Waals surface area (Å²) in [6.07, 6.45) is 7.66. The lowest BCUT2D eigenvalue weighted by Gasteiger charge is -2.27. The quantitative estimate of drug-likeness (QED) is 0.605. The Labute approximate surface area is 105 Å². The Morgan fingerprint density at radius 2 is 1.81 bits per heavy atom. The maximum atomic E-state index is 5.40. The van der Waals surface area contributed by atoms with E-state index in [9.17, 15) is 0 Å². The minimum absolute atomic E-state index is 0.801. The standard InChI is InChI=1S/C12H24N2OS/c1-15-11-7-8-13-12(16)14-9-5-3-2-4-6-10-14/h2-11H2,1H3,(H,13,16). The van der Waals surface area contributed by atoms with E-state index in [4.69, 9.17) is 17.0 Å². The van der Waals surface area contributed by atoms with Crippen LogP contribution in [0.25, 0.3) is 0 Å². The molecule has 0 aromatic carbocycles. The number of hydrogen-bond donors (Lipinski definition) is 1. The van der Waals surface area contributed by atoms with Crippen LogP contribution in [0.15, 0.2) is 0 Å². The zero-order chi connectivity index (χ0) is 11.6. The molecule has 0 bridgehead atoms. The largest absolute Gasteiger partial charge is 0.385 e. The number of ether oxygens (including phenoxy) is 1. The Balaban J connectivity index is 2.17. The molecule has 1 rings (SSSR count). The van der Waals surface area contributed by atoms with Gasteiger partial charge >= 0.3 is 0 Å². The van der Waals surface area contributed by atoms with Crippen molar-refractivity contribution in [2.24, 2.45) is 0 Å². The summed E-state index contributed by atoms with van der Waals surface area (Å²) >= 11 is 5.40. The first-order valence-electron chi connectivity index (χ1n) is 6.36. The second kappa shape index (κ2) is 8.76. The predicted molar refractivity (Wildman–Crippen MR) is 71.8 cm³/mol. The minimum Gasteiger partial charge on any atom is -0.385 e. The second-order valence-corrected chi connectivity index (χ2v) is 4.72. The molecule has 1 aliphatic heterocycles. The van der Waals surface area contributed by atoms with Gasteiger partial charge in [-0.15, -0.1) is 0 Å². The molecular formula is C12H24N2OS. The molecule has 0 aliphatic carbocycles. The average Bonchev–Trinajstić information content (AvgIpc) is 2.23. The number of nitrogens with zero attached hydrogens (tertiary/aromatic N) is 1. The second-order valence-electron chi connectivity index (χ2n) is 4.33. The van der Waals surface area contributed by atoms with Gasteiger partial charge in [-0.3, -0.25) is 0 Å². The SMILES string of the molecule is COCCCNC(=S)N1CCCCCCC1. The van der Waals surface area contributed by atoms with Crippen LogP contribution in [0.4, 0.5) is 0 Å². The van der Waals surface area contributed by atoms with E-state index in [-0.39, 0.29) is 0 Å². The van der Waals surface area contributed by atoms with Crippen molar-refractivity contribution in [2.75, 3.05) is 33.4 Å². The van der Waals surface area contributed by atoms with Crippen LogP contribution >= 0.6 is 12.2 Å². The normalized spacial score (nSPS) is 17.7.